The van der Waals surface area contributed by atoms with Crippen molar-refractivity contribution in [1.82, 2.24) is 9.97 Å². The van der Waals surface area contributed by atoms with E-state index in [1.165, 1.54) is 13.3 Å². The Morgan fingerprint density at radius 2 is 2.44 bits per heavy atom. The van der Waals surface area contributed by atoms with Crippen LogP contribution in [-0.4, -0.2) is 34.1 Å². The summed E-state index contributed by atoms with van der Waals surface area (Å²) >= 11 is 6.03. The highest BCUT2D eigenvalue weighted by Crippen LogP contribution is 2.26. The van der Waals surface area contributed by atoms with Crippen LogP contribution >= 0.6 is 23.6 Å². The Balaban J connectivity index is 2.74. The fourth-order valence-corrected chi connectivity index (χ4v) is 1.51. The topological polar surface area (TPSA) is 103 Å². The number of hydrogen-bond donors (Lipinski definition) is 2. The molecule has 100 valence electrons. The van der Waals surface area contributed by atoms with E-state index in [2.05, 4.69) is 24.7 Å². The fraction of sp³-hybridized carbons (Fsp3) is 0.375. The average molecular weight is 296 g/mol. The van der Waals surface area contributed by atoms with Gasteiger partial charge in [-0.1, -0.05) is 5.04 Å². The molecule has 8 nitrogen and oxygen atoms in total. The minimum Gasteiger partial charge on any atom is -0.479 e. The van der Waals surface area contributed by atoms with Gasteiger partial charge in [-0.15, -0.1) is 15.9 Å². The third-order valence-electron chi connectivity index (χ3n) is 1.63. The van der Waals surface area contributed by atoms with Crippen LogP contribution in [0.25, 0.3) is 0 Å². The van der Waals surface area contributed by atoms with Crippen molar-refractivity contribution in [2.75, 3.05) is 18.3 Å². The second kappa shape index (κ2) is 8.06. The van der Waals surface area contributed by atoms with Crippen LogP contribution in [0.1, 0.15) is 6.42 Å². The van der Waals surface area contributed by atoms with Crippen LogP contribution < -0.4 is 10.1 Å². The molecule has 1 rings (SSSR count). The molecule has 0 aliphatic heterocycles. The molecular weight excluding hydrogens is 286 g/mol. The van der Waals surface area contributed by atoms with Gasteiger partial charge in [0, 0.05) is 12.3 Å². The lowest BCUT2D eigenvalue weighted by atomic mass is 10.4. The molecule has 0 saturated heterocycles. The van der Waals surface area contributed by atoms with E-state index in [1.54, 1.807) is 0 Å². The number of anilines is 1. The summed E-state index contributed by atoms with van der Waals surface area (Å²) in [6.07, 6.45) is 1.47. The zero-order valence-corrected chi connectivity index (χ0v) is 10.8. The van der Waals surface area contributed by atoms with Gasteiger partial charge in [-0.2, -0.15) is 4.98 Å². The molecule has 0 fully saturated rings. The standard InChI is InChI=1S/C8H10ClN3O5S/c1-15-7-8(18-17-16-14)10-4-5(12-7)11-6(13)2-3-9/h4,14H,2-3H2,1H3,(H,11,12,13). The SMILES string of the molecule is COc1nc(NC(=O)CCCl)cnc1SOOO. The quantitative estimate of drug-likeness (QED) is 0.337. The number of aromatic nitrogens is 2. The van der Waals surface area contributed by atoms with Crippen LogP contribution in [0.3, 0.4) is 0 Å². The zero-order valence-electron chi connectivity index (χ0n) is 9.25. The van der Waals surface area contributed by atoms with Crippen molar-refractivity contribution < 1.29 is 24.2 Å². The van der Waals surface area contributed by atoms with Crippen molar-refractivity contribution in [3.05, 3.63) is 6.20 Å². The van der Waals surface area contributed by atoms with Crippen LogP contribution in [0, 0.1) is 0 Å². The maximum absolute atomic E-state index is 11.3. The largest absolute Gasteiger partial charge is 0.479 e. The minimum atomic E-state index is -0.281. The fourth-order valence-electron chi connectivity index (χ4n) is 0.950. The molecular formula is C8H10ClN3O5S. The molecule has 0 radical (unpaired) electrons. The lowest BCUT2D eigenvalue weighted by Crippen LogP contribution is -2.13. The van der Waals surface area contributed by atoms with Crippen LogP contribution in [0.4, 0.5) is 5.82 Å². The average Bonchev–Trinajstić information content (AvgIpc) is 2.37. The van der Waals surface area contributed by atoms with Crippen molar-refractivity contribution in [1.29, 1.82) is 0 Å². The highest BCUT2D eigenvalue weighted by Gasteiger charge is 2.11. The highest BCUT2D eigenvalue weighted by molar-refractivity contribution is 7.94. The first kappa shape index (κ1) is 14.9. The molecule has 2 N–H and O–H groups in total. The lowest BCUT2D eigenvalue weighted by Gasteiger charge is -2.07. The molecule has 18 heavy (non-hydrogen) atoms. The predicted molar refractivity (Wildman–Crippen MR) is 63.2 cm³/mol. The maximum Gasteiger partial charge on any atom is 0.251 e. The highest BCUT2D eigenvalue weighted by atomic mass is 35.5. The van der Waals surface area contributed by atoms with E-state index in [9.17, 15) is 4.79 Å². The second-order valence-corrected chi connectivity index (χ2v) is 3.85. The number of carbonyl (C=O) groups is 1. The molecule has 1 heterocycles. The molecule has 1 aromatic heterocycles. The molecule has 10 heteroatoms. The molecule has 1 amide bonds. The summed E-state index contributed by atoms with van der Waals surface area (Å²) in [6.45, 7) is 0. The van der Waals surface area contributed by atoms with E-state index >= 15 is 0 Å². The van der Waals surface area contributed by atoms with Crippen LogP contribution in [0.5, 0.6) is 5.88 Å². The zero-order chi connectivity index (χ0) is 13.4. The third kappa shape index (κ3) is 4.63. The van der Waals surface area contributed by atoms with Crippen LogP contribution in [0.15, 0.2) is 11.2 Å². The van der Waals surface area contributed by atoms with Gasteiger partial charge in [-0.25, -0.2) is 10.2 Å². The molecule has 0 unspecified atom stereocenters. The number of hydrogen-bond acceptors (Lipinski definition) is 8. The number of alkyl halides is 1. The van der Waals surface area contributed by atoms with Crippen molar-refractivity contribution in [3.8, 4) is 5.88 Å². The van der Waals surface area contributed by atoms with E-state index in [0.29, 0.717) is 12.0 Å². The van der Waals surface area contributed by atoms with Gasteiger partial charge in [0.25, 0.3) is 5.88 Å². The van der Waals surface area contributed by atoms with Gasteiger partial charge >= 0.3 is 0 Å². The molecule has 0 aliphatic rings. The Bertz CT molecular complexity index is 408. The molecule has 0 aliphatic carbocycles. The van der Waals surface area contributed by atoms with Gasteiger partial charge in [0.1, 0.15) is 0 Å². The summed E-state index contributed by atoms with van der Waals surface area (Å²) in [4.78, 5) is 19.2. The van der Waals surface area contributed by atoms with E-state index in [1.807, 2.05) is 0 Å². The number of ether oxygens (including phenoxy) is 1. The molecule has 0 spiro atoms. The minimum absolute atomic E-state index is 0.112. The van der Waals surface area contributed by atoms with Gasteiger partial charge in [0.05, 0.1) is 25.3 Å². The van der Waals surface area contributed by atoms with Gasteiger partial charge in [-0.05, 0) is 0 Å². The smallest absolute Gasteiger partial charge is 0.251 e. The number of nitrogens with one attached hydrogen (secondary N) is 1. The van der Waals surface area contributed by atoms with E-state index in [4.69, 9.17) is 21.6 Å². The van der Waals surface area contributed by atoms with Crippen LogP contribution in [0.2, 0.25) is 0 Å². The summed E-state index contributed by atoms with van der Waals surface area (Å²) in [7, 11) is 1.37. The maximum atomic E-state index is 11.3. The van der Waals surface area contributed by atoms with Crippen LogP contribution in [-0.2, 0) is 14.2 Å². The van der Waals surface area contributed by atoms with Crippen molar-refractivity contribution in [3.63, 3.8) is 0 Å². The van der Waals surface area contributed by atoms with Gasteiger partial charge in [-0.3, -0.25) is 4.79 Å². The second-order valence-electron chi connectivity index (χ2n) is 2.78. The first-order valence-corrected chi connectivity index (χ1v) is 5.90. The monoisotopic (exact) mass is 295 g/mol. The lowest BCUT2D eigenvalue weighted by molar-refractivity contribution is -0.432. The van der Waals surface area contributed by atoms with Gasteiger partial charge < -0.3 is 10.1 Å². The summed E-state index contributed by atoms with van der Waals surface area (Å²) in [5, 5.41) is 14.2. The van der Waals surface area contributed by atoms with Gasteiger partial charge in [0.15, 0.2) is 10.8 Å². The first-order chi connectivity index (χ1) is 8.71. The Morgan fingerprint density at radius 1 is 1.67 bits per heavy atom. The van der Waals surface area contributed by atoms with E-state index in [-0.39, 0.29) is 34.9 Å². The van der Waals surface area contributed by atoms with E-state index in [0.717, 1.165) is 0 Å². The third-order valence-corrected chi connectivity index (χ3v) is 2.39. The Kier molecular flexibility index (Phi) is 6.68. The van der Waals surface area contributed by atoms with Crippen molar-refractivity contribution >= 4 is 35.4 Å². The number of carbonyl (C=O) groups excluding carboxylic acids is 1. The summed E-state index contributed by atoms with van der Waals surface area (Å²) in [6, 6.07) is 0. The number of rotatable bonds is 7. The Hall–Kier alpha value is -1.13. The number of halogens is 1. The van der Waals surface area contributed by atoms with Crippen molar-refractivity contribution in [2.45, 2.75) is 11.4 Å². The summed E-state index contributed by atoms with van der Waals surface area (Å²) in [5.74, 6) is 0.264. The normalized spacial score (nSPS) is 10.2. The van der Waals surface area contributed by atoms with E-state index < -0.39 is 0 Å². The van der Waals surface area contributed by atoms with Gasteiger partial charge in [0.2, 0.25) is 5.91 Å². The Labute approximate surface area is 112 Å². The number of amides is 1. The number of methoxy groups -OCH3 is 1. The summed E-state index contributed by atoms with van der Waals surface area (Å²) in [5.41, 5.74) is 0. The molecule has 0 atom stereocenters. The summed E-state index contributed by atoms with van der Waals surface area (Å²) < 4.78 is 9.14. The number of nitrogens with zero attached hydrogens (tertiary/aromatic N) is 2. The molecule has 0 bridgehead atoms. The molecule has 0 aromatic carbocycles. The first-order valence-electron chi connectivity index (χ1n) is 4.63. The predicted octanol–water partition coefficient (Wildman–Crippen LogP) is 1.48. The molecule has 1 aromatic rings. The molecule has 0 saturated carbocycles. The van der Waals surface area contributed by atoms with Crippen molar-refractivity contribution in [2.24, 2.45) is 0 Å². The Morgan fingerprint density at radius 3 is 3.06 bits per heavy atom.